The molecule has 23 heavy (non-hydrogen) atoms. The molecule has 120 valence electrons. The van der Waals surface area contributed by atoms with Gasteiger partial charge in [-0.15, -0.1) is 0 Å². The van der Waals surface area contributed by atoms with Crippen LogP contribution in [0, 0.1) is 13.8 Å². The number of pyridine rings is 1. The Morgan fingerprint density at radius 3 is 2.91 bits per heavy atom. The molecule has 2 heterocycles. The van der Waals surface area contributed by atoms with Gasteiger partial charge in [-0.25, -0.2) is 0 Å². The van der Waals surface area contributed by atoms with Crippen molar-refractivity contribution in [3.8, 4) is 0 Å². The molecule has 1 aliphatic rings. The van der Waals surface area contributed by atoms with Crippen molar-refractivity contribution >= 4 is 22.7 Å². The number of carbonyl (C=O) groups is 2. The van der Waals surface area contributed by atoms with Crippen LogP contribution in [-0.2, 0) is 4.79 Å². The standard InChI is InChI=1S/C18H21N3O2/c1-11-6-7-15-13(9-11)14(10-12(2)20-15)17(22)21-16-5-3-4-8-19-18(16)23/h6-7,9-10,16H,3-5,8H2,1-2H3,(H,19,23)(H,21,22). The van der Waals surface area contributed by atoms with Crippen LogP contribution in [-0.4, -0.2) is 29.4 Å². The van der Waals surface area contributed by atoms with E-state index in [9.17, 15) is 9.59 Å². The van der Waals surface area contributed by atoms with E-state index in [0.717, 1.165) is 35.0 Å². The van der Waals surface area contributed by atoms with Crippen molar-refractivity contribution in [3.05, 3.63) is 41.1 Å². The highest BCUT2D eigenvalue weighted by molar-refractivity contribution is 6.07. The molecule has 1 fully saturated rings. The molecule has 1 aromatic carbocycles. The zero-order valence-electron chi connectivity index (χ0n) is 13.5. The van der Waals surface area contributed by atoms with Crippen LogP contribution in [0.5, 0.6) is 0 Å². The van der Waals surface area contributed by atoms with Crippen LogP contribution in [0.3, 0.4) is 0 Å². The fraction of sp³-hybridized carbons (Fsp3) is 0.389. The average Bonchev–Trinajstić information content (AvgIpc) is 2.72. The Morgan fingerprint density at radius 1 is 1.26 bits per heavy atom. The number of fused-ring (bicyclic) bond motifs is 1. The Labute approximate surface area is 135 Å². The third-order valence-electron chi connectivity index (χ3n) is 4.18. The Bertz CT molecular complexity index is 770. The number of hydrogen-bond acceptors (Lipinski definition) is 3. The second kappa shape index (κ2) is 6.36. The van der Waals surface area contributed by atoms with Crippen molar-refractivity contribution in [2.75, 3.05) is 6.54 Å². The number of aryl methyl sites for hydroxylation is 2. The van der Waals surface area contributed by atoms with Gasteiger partial charge in [-0.3, -0.25) is 14.6 Å². The number of nitrogens with one attached hydrogen (secondary N) is 2. The minimum absolute atomic E-state index is 0.0953. The van der Waals surface area contributed by atoms with Crippen LogP contribution in [0.1, 0.15) is 40.9 Å². The van der Waals surface area contributed by atoms with Crippen LogP contribution in [0.2, 0.25) is 0 Å². The normalized spacial score (nSPS) is 18.3. The molecule has 0 aliphatic carbocycles. The minimum atomic E-state index is -0.460. The topological polar surface area (TPSA) is 71.1 Å². The third kappa shape index (κ3) is 3.33. The Kier molecular flexibility index (Phi) is 4.28. The van der Waals surface area contributed by atoms with Gasteiger partial charge in [0, 0.05) is 17.6 Å². The number of hydrogen-bond donors (Lipinski definition) is 2. The number of amides is 2. The largest absolute Gasteiger partial charge is 0.354 e. The van der Waals surface area contributed by atoms with Crippen LogP contribution in [0.4, 0.5) is 0 Å². The number of nitrogens with zero attached hydrogens (tertiary/aromatic N) is 1. The van der Waals surface area contributed by atoms with Gasteiger partial charge in [-0.2, -0.15) is 0 Å². The van der Waals surface area contributed by atoms with Gasteiger partial charge >= 0.3 is 0 Å². The first-order chi connectivity index (χ1) is 11.0. The molecule has 1 atom stereocenters. The zero-order chi connectivity index (χ0) is 16.4. The second-order valence-corrected chi connectivity index (χ2v) is 6.14. The fourth-order valence-electron chi connectivity index (χ4n) is 2.97. The average molecular weight is 311 g/mol. The quantitative estimate of drug-likeness (QED) is 0.893. The molecule has 2 aromatic rings. The summed E-state index contributed by atoms with van der Waals surface area (Å²) < 4.78 is 0. The van der Waals surface area contributed by atoms with Gasteiger partial charge < -0.3 is 10.6 Å². The smallest absolute Gasteiger partial charge is 0.252 e. The molecule has 2 N–H and O–H groups in total. The minimum Gasteiger partial charge on any atom is -0.354 e. The number of benzene rings is 1. The second-order valence-electron chi connectivity index (χ2n) is 6.14. The SMILES string of the molecule is Cc1ccc2nc(C)cc(C(=O)NC3CCCCNC3=O)c2c1. The summed E-state index contributed by atoms with van der Waals surface area (Å²) in [6, 6.07) is 7.19. The van der Waals surface area contributed by atoms with Crippen molar-refractivity contribution in [3.63, 3.8) is 0 Å². The van der Waals surface area contributed by atoms with Crippen molar-refractivity contribution in [1.29, 1.82) is 0 Å². The Morgan fingerprint density at radius 2 is 2.09 bits per heavy atom. The maximum atomic E-state index is 12.7. The Balaban J connectivity index is 1.94. The molecule has 3 rings (SSSR count). The van der Waals surface area contributed by atoms with Crippen LogP contribution in [0.15, 0.2) is 24.3 Å². The van der Waals surface area contributed by atoms with Gasteiger partial charge in [-0.1, -0.05) is 11.6 Å². The first kappa shape index (κ1) is 15.5. The lowest BCUT2D eigenvalue weighted by Crippen LogP contribution is -2.45. The lowest BCUT2D eigenvalue weighted by atomic mass is 10.0. The van der Waals surface area contributed by atoms with E-state index < -0.39 is 6.04 Å². The van der Waals surface area contributed by atoms with Gasteiger partial charge in [0.25, 0.3) is 5.91 Å². The number of carbonyl (C=O) groups excluding carboxylic acids is 2. The molecule has 5 heteroatoms. The summed E-state index contributed by atoms with van der Waals surface area (Å²) in [5, 5.41) is 6.55. The number of aromatic nitrogens is 1. The molecule has 1 aliphatic heterocycles. The van der Waals surface area contributed by atoms with Crippen molar-refractivity contribution < 1.29 is 9.59 Å². The van der Waals surface area contributed by atoms with E-state index in [2.05, 4.69) is 15.6 Å². The molecule has 2 amide bonds. The van der Waals surface area contributed by atoms with E-state index in [-0.39, 0.29) is 11.8 Å². The molecular weight excluding hydrogens is 290 g/mol. The molecule has 0 radical (unpaired) electrons. The summed E-state index contributed by atoms with van der Waals surface area (Å²) in [6.45, 7) is 4.54. The Hall–Kier alpha value is -2.43. The first-order valence-corrected chi connectivity index (χ1v) is 8.01. The summed E-state index contributed by atoms with van der Waals surface area (Å²) >= 11 is 0. The first-order valence-electron chi connectivity index (χ1n) is 8.01. The predicted octanol–water partition coefficient (Wildman–Crippen LogP) is 2.25. The third-order valence-corrected chi connectivity index (χ3v) is 4.18. The van der Waals surface area contributed by atoms with Crippen molar-refractivity contribution in [2.24, 2.45) is 0 Å². The van der Waals surface area contributed by atoms with E-state index >= 15 is 0 Å². The summed E-state index contributed by atoms with van der Waals surface area (Å²) in [6.07, 6.45) is 2.56. The van der Waals surface area contributed by atoms with Crippen LogP contribution in [0.25, 0.3) is 10.9 Å². The highest BCUT2D eigenvalue weighted by Gasteiger charge is 2.23. The molecular formula is C18H21N3O2. The summed E-state index contributed by atoms with van der Waals surface area (Å²) in [5.41, 5.74) is 3.24. The lowest BCUT2D eigenvalue weighted by molar-refractivity contribution is -0.122. The maximum absolute atomic E-state index is 12.7. The van der Waals surface area contributed by atoms with Crippen LogP contribution < -0.4 is 10.6 Å². The van der Waals surface area contributed by atoms with Gasteiger partial charge in [0.2, 0.25) is 5.91 Å². The summed E-state index contributed by atoms with van der Waals surface area (Å²) in [4.78, 5) is 29.2. The molecule has 1 saturated heterocycles. The fourth-order valence-corrected chi connectivity index (χ4v) is 2.97. The highest BCUT2D eigenvalue weighted by atomic mass is 16.2. The monoisotopic (exact) mass is 311 g/mol. The number of rotatable bonds is 2. The summed E-state index contributed by atoms with van der Waals surface area (Å²) in [5.74, 6) is -0.310. The van der Waals surface area contributed by atoms with Gasteiger partial charge in [0.1, 0.15) is 6.04 Å². The lowest BCUT2D eigenvalue weighted by Gasteiger charge is -2.16. The van der Waals surface area contributed by atoms with E-state index in [1.54, 1.807) is 6.07 Å². The van der Waals surface area contributed by atoms with Gasteiger partial charge in [-0.05, 0) is 51.3 Å². The van der Waals surface area contributed by atoms with Gasteiger partial charge in [0.05, 0.1) is 11.1 Å². The van der Waals surface area contributed by atoms with E-state index in [1.165, 1.54) is 0 Å². The summed E-state index contributed by atoms with van der Waals surface area (Å²) in [7, 11) is 0. The van der Waals surface area contributed by atoms with E-state index in [4.69, 9.17) is 0 Å². The van der Waals surface area contributed by atoms with E-state index in [0.29, 0.717) is 18.5 Å². The van der Waals surface area contributed by atoms with E-state index in [1.807, 2.05) is 32.0 Å². The maximum Gasteiger partial charge on any atom is 0.252 e. The van der Waals surface area contributed by atoms with Crippen molar-refractivity contribution in [1.82, 2.24) is 15.6 Å². The molecule has 0 saturated carbocycles. The molecule has 0 spiro atoms. The molecule has 1 aromatic heterocycles. The predicted molar refractivity (Wildman–Crippen MR) is 89.3 cm³/mol. The highest BCUT2D eigenvalue weighted by Crippen LogP contribution is 2.20. The van der Waals surface area contributed by atoms with Crippen LogP contribution >= 0.6 is 0 Å². The van der Waals surface area contributed by atoms with Gasteiger partial charge in [0.15, 0.2) is 0 Å². The molecule has 1 unspecified atom stereocenters. The molecule has 0 bridgehead atoms. The van der Waals surface area contributed by atoms with Crippen molar-refractivity contribution in [2.45, 2.75) is 39.2 Å². The molecule has 5 nitrogen and oxygen atoms in total. The zero-order valence-corrected chi connectivity index (χ0v) is 13.5.